The third kappa shape index (κ3) is 2.22. The van der Waals surface area contributed by atoms with Crippen molar-refractivity contribution >= 4 is 11.5 Å². The predicted molar refractivity (Wildman–Crippen MR) is 86.0 cm³/mol. The summed E-state index contributed by atoms with van der Waals surface area (Å²) in [6, 6.07) is 12.7. The van der Waals surface area contributed by atoms with Gasteiger partial charge in [0.1, 0.15) is 12.1 Å². The highest BCUT2D eigenvalue weighted by molar-refractivity contribution is 5.44. The molecule has 1 unspecified atom stereocenters. The Bertz CT molecular complexity index is 809. The van der Waals surface area contributed by atoms with Crippen molar-refractivity contribution in [2.45, 2.75) is 31.6 Å². The van der Waals surface area contributed by atoms with Gasteiger partial charge in [0.05, 0.1) is 0 Å². The standard InChI is InChI=1S/C17H19N5/c1-17(10-4-6-13-5-2-3-7-14(13)17)11-18-15-8-9-16-20-19-12-22(16)21-15/h2-3,5,7-9,12H,4,6,10-11H2,1H3,(H,18,21). The van der Waals surface area contributed by atoms with Crippen LogP contribution in [-0.4, -0.2) is 26.4 Å². The van der Waals surface area contributed by atoms with Gasteiger partial charge in [-0.2, -0.15) is 4.52 Å². The summed E-state index contributed by atoms with van der Waals surface area (Å²) in [5, 5.41) is 15.8. The van der Waals surface area contributed by atoms with Gasteiger partial charge in [0.25, 0.3) is 0 Å². The Kier molecular flexibility index (Phi) is 3.06. The average molecular weight is 293 g/mol. The van der Waals surface area contributed by atoms with Crippen LogP contribution in [0.5, 0.6) is 0 Å². The van der Waals surface area contributed by atoms with E-state index in [9.17, 15) is 0 Å². The van der Waals surface area contributed by atoms with Gasteiger partial charge in [0, 0.05) is 12.0 Å². The van der Waals surface area contributed by atoms with Crippen molar-refractivity contribution in [1.82, 2.24) is 19.8 Å². The van der Waals surface area contributed by atoms with Crippen LogP contribution < -0.4 is 5.32 Å². The summed E-state index contributed by atoms with van der Waals surface area (Å²) in [6.45, 7) is 3.22. The number of nitrogens with zero attached hydrogens (tertiary/aromatic N) is 4. The molecule has 2 aromatic heterocycles. The minimum Gasteiger partial charge on any atom is -0.368 e. The second-order valence-electron chi connectivity index (χ2n) is 6.28. The molecule has 0 fully saturated rings. The Morgan fingerprint density at radius 2 is 2.14 bits per heavy atom. The van der Waals surface area contributed by atoms with E-state index in [0.717, 1.165) is 18.0 Å². The summed E-state index contributed by atoms with van der Waals surface area (Å²) in [5.74, 6) is 0.858. The highest BCUT2D eigenvalue weighted by Gasteiger charge is 2.31. The molecule has 1 aromatic carbocycles. The van der Waals surface area contributed by atoms with E-state index >= 15 is 0 Å². The lowest BCUT2D eigenvalue weighted by Crippen LogP contribution is -2.35. The molecule has 5 heteroatoms. The molecule has 112 valence electrons. The van der Waals surface area contributed by atoms with Crippen molar-refractivity contribution < 1.29 is 0 Å². The van der Waals surface area contributed by atoms with E-state index in [1.807, 2.05) is 12.1 Å². The van der Waals surface area contributed by atoms with Gasteiger partial charge in [-0.1, -0.05) is 31.2 Å². The smallest absolute Gasteiger partial charge is 0.177 e. The zero-order valence-electron chi connectivity index (χ0n) is 12.7. The van der Waals surface area contributed by atoms with Crippen LogP contribution in [0, 0.1) is 0 Å². The van der Waals surface area contributed by atoms with Crippen molar-refractivity contribution in [2.24, 2.45) is 0 Å². The Balaban J connectivity index is 1.58. The van der Waals surface area contributed by atoms with Crippen LogP contribution in [0.25, 0.3) is 5.65 Å². The Hall–Kier alpha value is -2.43. The van der Waals surface area contributed by atoms with E-state index in [4.69, 9.17) is 0 Å². The van der Waals surface area contributed by atoms with Crippen LogP contribution in [0.3, 0.4) is 0 Å². The molecular formula is C17H19N5. The zero-order chi connectivity index (χ0) is 15.0. The predicted octanol–water partition coefficient (Wildman–Crippen LogP) is 2.83. The molecule has 0 amide bonds. The topological polar surface area (TPSA) is 55.1 Å². The summed E-state index contributed by atoms with van der Waals surface area (Å²) in [5.41, 5.74) is 3.87. The number of rotatable bonds is 3. The lowest BCUT2D eigenvalue weighted by molar-refractivity contribution is 0.414. The third-order valence-electron chi connectivity index (χ3n) is 4.66. The van der Waals surface area contributed by atoms with E-state index in [1.165, 1.54) is 30.4 Å². The van der Waals surface area contributed by atoms with Crippen LogP contribution >= 0.6 is 0 Å². The molecule has 1 aliphatic rings. The quantitative estimate of drug-likeness (QED) is 0.807. The van der Waals surface area contributed by atoms with Gasteiger partial charge >= 0.3 is 0 Å². The van der Waals surface area contributed by atoms with Gasteiger partial charge in [0.2, 0.25) is 0 Å². The van der Waals surface area contributed by atoms with Crippen molar-refractivity contribution in [3.05, 3.63) is 53.9 Å². The van der Waals surface area contributed by atoms with Crippen molar-refractivity contribution in [3.8, 4) is 0 Å². The first-order chi connectivity index (χ1) is 10.7. The van der Waals surface area contributed by atoms with E-state index in [-0.39, 0.29) is 5.41 Å². The first kappa shape index (κ1) is 13.2. The highest BCUT2D eigenvalue weighted by Crippen LogP contribution is 2.37. The lowest BCUT2D eigenvalue weighted by Gasteiger charge is -2.36. The molecule has 0 radical (unpaired) electrons. The number of benzene rings is 1. The summed E-state index contributed by atoms with van der Waals surface area (Å²) < 4.78 is 1.69. The van der Waals surface area contributed by atoms with Crippen LogP contribution in [0.1, 0.15) is 30.9 Å². The fourth-order valence-electron chi connectivity index (χ4n) is 3.42. The van der Waals surface area contributed by atoms with E-state index in [2.05, 4.69) is 51.8 Å². The maximum absolute atomic E-state index is 4.49. The van der Waals surface area contributed by atoms with Gasteiger partial charge in [-0.3, -0.25) is 0 Å². The molecule has 1 atom stereocenters. The monoisotopic (exact) mass is 293 g/mol. The number of aromatic nitrogens is 4. The second kappa shape index (κ2) is 5.09. The molecule has 22 heavy (non-hydrogen) atoms. The summed E-state index contributed by atoms with van der Waals surface area (Å²) in [6.07, 6.45) is 5.26. The number of fused-ring (bicyclic) bond motifs is 2. The van der Waals surface area contributed by atoms with Crippen LogP contribution in [-0.2, 0) is 11.8 Å². The number of anilines is 1. The maximum Gasteiger partial charge on any atom is 0.177 e. The molecule has 1 aliphatic carbocycles. The summed E-state index contributed by atoms with van der Waals surface area (Å²) in [7, 11) is 0. The van der Waals surface area contributed by atoms with Crippen LogP contribution in [0.4, 0.5) is 5.82 Å². The Morgan fingerprint density at radius 3 is 3.09 bits per heavy atom. The first-order valence-electron chi connectivity index (χ1n) is 7.74. The largest absolute Gasteiger partial charge is 0.368 e. The Morgan fingerprint density at radius 1 is 1.23 bits per heavy atom. The third-order valence-corrected chi connectivity index (χ3v) is 4.66. The highest BCUT2D eigenvalue weighted by atomic mass is 15.4. The summed E-state index contributed by atoms with van der Waals surface area (Å²) in [4.78, 5) is 0. The van der Waals surface area contributed by atoms with Crippen molar-refractivity contribution in [3.63, 3.8) is 0 Å². The molecule has 3 aromatic rings. The van der Waals surface area contributed by atoms with Gasteiger partial charge in [0.15, 0.2) is 5.65 Å². The molecule has 0 spiro atoms. The molecule has 5 nitrogen and oxygen atoms in total. The number of hydrogen-bond acceptors (Lipinski definition) is 4. The average Bonchev–Trinajstić information content (AvgIpc) is 3.01. The Labute approximate surface area is 129 Å². The van der Waals surface area contributed by atoms with Crippen LogP contribution in [0.15, 0.2) is 42.7 Å². The zero-order valence-corrected chi connectivity index (χ0v) is 12.7. The van der Waals surface area contributed by atoms with Crippen LogP contribution in [0.2, 0.25) is 0 Å². The fourth-order valence-corrected chi connectivity index (χ4v) is 3.42. The van der Waals surface area contributed by atoms with Crippen molar-refractivity contribution in [2.75, 3.05) is 11.9 Å². The second-order valence-corrected chi connectivity index (χ2v) is 6.28. The number of hydrogen-bond donors (Lipinski definition) is 1. The molecule has 4 rings (SSSR count). The molecule has 1 N–H and O–H groups in total. The van der Waals surface area contributed by atoms with Gasteiger partial charge in [-0.25, -0.2) is 0 Å². The molecule has 0 saturated heterocycles. The maximum atomic E-state index is 4.49. The number of nitrogens with one attached hydrogen (secondary N) is 1. The lowest BCUT2D eigenvalue weighted by atomic mass is 9.71. The summed E-state index contributed by atoms with van der Waals surface area (Å²) >= 11 is 0. The van der Waals surface area contributed by atoms with Gasteiger partial charge < -0.3 is 5.32 Å². The molecule has 0 aliphatic heterocycles. The normalized spacial score (nSPS) is 20.8. The fraction of sp³-hybridized carbons (Fsp3) is 0.353. The van der Waals surface area contributed by atoms with Crippen molar-refractivity contribution in [1.29, 1.82) is 0 Å². The van der Waals surface area contributed by atoms with E-state index < -0.39 is 0 Å². The molecular weight excluding hydrogens is 274 g/mol. The number of aryl methyl sites for hydroxylation is 1. The van der Waals surface area contributed by atoms with E-state index in [0.29, 0.717) is 0 Å². The van der Waals surface area contributed by atoms with Gasteiger partial charge in [-0.15, -0.1) is 15.3 Å². The SMILES string of the molecule is CC1(CNc2ccc3nncn3n2)CCCc2ccccc21. The van der Waals surface area contributed by atoms with E-state index in [1.54, 1.807) is 10.8 Å². The molecule has 2 heterocycles. The first-order valence-corrected chi connectivity index (χ1v) is 7.74. The minimum atomic E-state index is 0.151. The minimum absolute atomic E-state index is 0.151. The molecule has 0 bridgehead atoms. The molecule has 0 saturated carbocycles. The van der Waals surface area contributed by atoms with Gasteiger partial charge in [-0.05, 0) is 42.5 Å².